The maximum Gasteiger partial charge on any atom is 0.138 e. The Morgan fingerprint density at radius 2 is 1.59 bits per heavy atom. The highest BCUT2D eigenvalue weighted by Gasteiger charge is 2.43. The van der Waals surface area contributed by atoms with Crippen molar-refractivity contribution in [2.75, 3.05) is 6.61 Å². The highest BCUT2D eigenvalue weighted by atomic mass is 16.5. The van der Waals surface area contributed by atoms with E-state index >= 15 is 0 Å². The zero-order chi connectivity index (χ0) is 20.0. The molecule has 0 saturated heterocycles. The molecule has 2 aromatic rings. The Hall–Kier alpha value is -2.88. The van der Waals surface area contributed by atoms with Gasteiger partial charge >= 0.3 is 0 Å². The summed E-state index contributed by atoms with van der Waals surface area (Å²) in [4.78, 5) is 0. The number of fused-ring (bicyclic) bond motifs is 8. The maximum atomic E-state index is 6.56. The van der Waals surface area contributed by atoms with Crippen molar-refractivity contribution in [2.45, 2.75) is 50.9 Å². The van der Waals surface area contributed by atoms with Gasteiger partial charge in [-0.3, -0.25) is 0 Å². The highest BCUT2D eigenvalue weighted by molar-refractivity contribution is 5.72. The van der Waals surface area contributed by atoms with Gasteiger partial charge in [-0.05, 0) is 58.1 Å². The Balaban J connectivity index is 1.42. The normalized spacial score (nSPS) is 25.8. The third kappa shape index (κ3) is 2.51. The minimum absolute atomic E-state index is 0.0581. The van der Waals surface area contributed by atoms with Crippen LogP contribution in [0.1, 0.15) is 62.0 Å². The van der Waals surface area contributed by atoms with E-state index in [1.165, 1.54) is 5.56 Å². The van der Waals surface area contributed by atoms with Gasteiger partial charge in [0, 0.05) is 22.8 Å². The van der Waals surface area contributed by atoms with Crippen LogP contribution >= 0.6 is 0 Å². The lowest BCUT2D eigenvalue weighted by molar-refractivity contribution is 0.133. The first-order chi connectivity index (χ1) is 13.8. The van der Waals surface area contributed by atoms with E-state index in [0.717, 1.165) is 39.7 Å². The molecule has 2 aromatic carbocycles. The molecule has 0 spiro atoms. The fraction of sp³-hybridized carbons (Fsp3) is 0.360. The molecule has 148 valence electrons. The second-order valence-corrected chi connectivity index (χ2v) is 9.36. The number of rotatable bonds is 0. The summed E-state index contributed by atoms with van der Waals surface area (Å²) in [5.74, 6) is 3.69. The van der Waals surface area contributed by atoms with Gasteiger partial charge in [-0.25, -0.2) is 0 Å². The highest BCUT2D eigenvalue weighted by Crippen LogP contribution is 2.55. The Bertz CT molecular complexity index is 1110. The van der Waals surface area contributed by atoms with Gasteiger partial charge in [0.05, 0.1) is 18.1 Å². The summed E-state index contributed by atoms with van der Waals surface area (Å²) in [5.41, 5.74) is 3.76. The number of benzene rings is 2. The van der Waals surface area contributed by atoms with Gasteiger partial charge in [-0.1, -0.05) is 12.1 Å². The van der Waals surface area contributed by atoms with Crippen molar-refractivity contribution in [1.82, 2.24) is 0 Å². The molecule has 0 bridgehead atoms. The van der Waals surface area contributed by atoms with E-state index in [-0.39, 0.29) is 23.2 Å². The lowest BCUT2D eigenvalue weighted by Crippen LogP contribution is -2.28. The molecule has 0 N–H and O–H groups in total. The molecule has 0 aromatic heterocycles. The topological polar surface area (TPSA) is 36.9 Å². The minimum Gasteiger partial charge on any atom is -0.492 e. The van der Waals surface area contributed by atoms with Gasteiger partial charge in [-0.15, -0.1) is 0 Å². The van der Waals surface area contributed by atoms with E-state index in [0.29, 0.717) is 6.61 Å². The van der Waals surface area contributed by atoms with E-state index < -0.39 is 0 Å². The van der Waals surface area contributed by atoms with Crippen LogP contribution in [0.5, 0.6) is 23.0 Å². The van der Waals surface area contributed by atoms with Gasteiger partial charge in [0.1, 0.15) is 40.3 Å². The summed E-state index contributed by atoms with van der Waals surface area (Å²) in [6.45, 7) is 8.82. The van der Waals surface area contributed by atoms with Gasteiger partial charge in [0.25, 0.3) is 0 Å². The Kier molecular flexibility index (Phi) is 3.16. The summed E-state index contributed by atoms with van der Waals surface area (Å²) in [7, 11) is 0. The van der Waals surface area contributed by atoms with E-state index in [4.69, 9.17) is 18.9 Å². The predicted octanol–water partition coefficient (Wildman–Crippen LogP) is 5.66. The molecule has 2 atom stereocenters. The van der Waals surface area contributed by atoms with Crippen LogP contribution in [-0.4, -0.2) is 17.8 Å². The molecule has 4 heterocycles. The van der Waals surface area contributed by atoms with Crippen LogP contribution in [0.2, 0.25) is 0 Å². The molecule has 4 aliphatic rings. The number of hydrogen-bond acceptors (Lipinski definition) is 4. The van der Waals surface area contributed by atoms with Crippen molar-refractivity contribution in [3.05, 3.63) is 58.7 Å². The van der Waals surface area contributed by atoms with E-state index in [9.17, 15) is 0 Å². The predicted molar refractivity (Wildman–Crippen MR) is 112 cm³/mol. The molecule has 4 nitrogen and oxygen atoms in total. The van der Waals surface area contributed by atoms with Gasteiger partial charge in [0.2, 0.25) is 0 Å². The van der Waals surface area contributed by atoms with Gasteiger partial charge < -0.3 is 18.9 Å². The second kappa shape index (κ2) is 5.38. The SMILES string of the molecule is CC1(C)C=Cc2cc3c(cc2O1)OCC1c2ccc4c(c2OC31)C=CC(C)(C)O4. The molecule has 0 saturated carbocycles. The van der Waals surface area contributed by atoms with Crippen LogP contribution in [0.3, 0.4) is 0 Å². The lowest BCUT2D eigenvalue weighted by atomic mass is 9.87. The summed E-state index contributed by atoms with van der Waals surface area (Å²) in [6, 6.07) is 8.36. The molecule has 6 rings (SSSR count). The number of hydrogen-bond donors (Lipinski definition) is 0. The largest absolute Gasteiger partial charge is 0.492 e. The van der Waals surface area contributed by atoms with E-state index in [2.05, 4.69) is 70.2 Å². The van der Waals surface area contributed by atoms with E-state index in [1.54, 1.807) is 0 Å². The average Bonchev–Trinajstić information content (AvgIpc) is 3.04. The van der Waals surface area contributed by atoms with E-state index in [1.807, 2.05) is 6.07 Å². The van der Waals surface area contributed by atoms with Gasteiger partial charge in [0.15, 0.2) is 0 Å². The summed E-state index contributed by atoms with van der Waals surface area (Å²) >= 11 is 0. The molecule has 2 unspecified atom stereocenters. The second-order valence-electron chi connectivity index (χ2n) is 9.36. The van der Waals surface area contributed by atoms with Crippen LogP contribution in [-0.2, 0) is 0 Å². The molecule has 4 heteroatoms. The van der Waals surface area contributed by atoms with Crippen molar-refractivity contribution in [3.8, 4) is 23.0 Å². The third-order valence-electron chi connectivity index (χ3n) is 6.13. The van der Waals surface area contributed by atoms with Crippen LogP contribution in [0.4, 0.5) is 0 Å². The molecule has 0 fully saturated rings. The maximum absolute atomic E-state index is 6.56. The number of ether oxygens (including phenoxy) is 4. The molecule has 0 aliphatic carbocycles. The molecule has 29 heavy (non-hydrogen) atoms. The first-order valence-corrected chi connectivity index (χ1v) is 10.2. The van der Waals surface area contributed by atoms with Crippen molar-refractivity contribution in [2.24, 2.45) is 0 Å². The van der Waals surface area contributed by atoms with Crippen molar-refractivity contribution in [1.29, 1.82) is 0 Å². The van der Waals surface area contributed by atoms with Crippen molar-refractivity contribution in [3.63, 3.8) is 0 Å². The Labute approximate surface area is 170 Å². The van der Waals surface area contributed by atoms with Crippen molar-refractivity contribution < 1.29 is 18.9 Å². The Morgan fingerprint density at radius 3 is 2.41 bits per heavy atom. The molecular formula is C25H24O4. The standard InChI is InChI=1S/C25H24O4/c1-24(2)9-7-14-11-17-21(12-20(14)29-24)26-13-18-15-5-6-19-16(22(15)27-23(17)18)8-10-25(3,4)28-19/h5-12,18,23H,13H2,1-4H3. The lowest BCUT2D eigenvalue weighted by Gasteiger charge is -2.32. The molecule has 4 aliphatic heterocycles. The smallest absolute Gasteiger partial charge is 0.138 e. The van der Waals surface area contributed by atoms with Gasteiger partial charge in [-0.2, -0.15) is 0 Å². The minimum atomic E-state index is -0.308. The van der Waals surface area contributed by atoms with Crippen LogP contribution in [0.25, 0.3) is 12.2 Å². The first kappa shape index (κ1) is 17.0. The molecule has 0 amide bonds. The fourth-order valence-corrected chi connectivity index (χ4v) is 4.65. The summed E-state index contributed by atoms with van der Waals surface area (Å²) < 4.78 is 25.0. The van der Waals surface area contributed by atoms with Crippen LogP contribution in [0, 0.1) is 0 Å². The molecule has 0 radical (unpaired) electrons. The first-order valence-electron chi connectivity index (χ1n) is 10.2. The van der Waals surface area contributed by atoms with Crippen LogP contribution < -0.4 is 18.9 Å². The zero-order valence-electron chi connectivity index (χ0n) is 17.1. The zero-order valence-corrected chi connectivity index (χ0v) is 17.1. The van der Waals surface area contributed by atoms with Crippen molar-refractivity contribution >= 4 is 12.2 Å². The Morgan fingerprint density at radius 1 is 0.828 bits per heavy atom. The summed E-state index contributed by atoms with van der Waals surface area (Å²) in [5, 5.41) is 0. The third-order valence-corrected chi connectivity index (χ3v) is 6.13. The average molecular weight is 388 g/mol. The fourth-order valence-electron chi connectivity index (χ4n) is 4.65. The van der Waals surface area contributed by atoms with Crippen LogP contribution in [0.15, 0.2) is 36.4 Å². The quantitative estimate of drug-likeness (QED) is 0.583. The summed E-state index contributed by atoms with van der Waals surface area (Å²) in [6.07, 6.45) is 8.38. The monoisotopic (exact) mass is 388 g/mol. The molecular weight excluding hydrogens is 364 g/mol.